The lowest BCUT2D eigenvalue weighted by atomic mass is 10.1. The van der Waals surface area contributed by atoms with Crippen molar-refractivity contribution in [3.63, 3.8) is 0 Å². The summed E-state index contributed by atoms with van der Waals surface area (Å²) in [6, 6.07) is 5.54. The molecule has 11 nitrogen and oxygen atoms in total. The Morgan fingerprint density at radius 1 is 1.19 bits per heavy atom. The van der Waals surface area contributed by atoms with Crippen LogP contribution in [0.4, 0.5) is 4.39 Å². The summed E-state index contributed by atoms with van der Waals surface area (Å²) in [5.41, 5.74) is -0.458. The predicted molar refractivity (Wildman–Crippen MR) is 108 cm³/mol. The highest BCUT2D eigenvalue weighted by Crippen LogP contribution is 2.11. The average Bonchev–Trinajstić information content (AvgIpc) is 3.22. The molecule has 1 atom stereocenters. The Labute approximate surface area is 181 Å². The molecule has 0 aliphatic rings. The number of amides is 2. The zero-order valence-electron chi connectivity index (χ0n) is 17.3. The lowest BCUT2D eigenvalue weighted by Crippen LogP contribution is -2.33. The van der Waals surface area contributed by atoms with Gasteiger partial charge in [0.1, 0.15) is 17.3 Å². The Bertz CT molecular complexity index is 1170. The van der Waals surface area contributed by atoms with E-state index in [9.17, 15) is 23.9 Å². The second kappa shape index (κ2) is 9.92. The molecule has 12 heteroatoms. The summed E-state index contributed by atoms with van der Waals surface area (Å²) in [4.78, 5) is 43.8. The van der Waals surface area contributed by atoms with Gasteiger partial charge in [0, 0.05) is 25.9 Å². The van der Waals surface area contributed by atoms with Crippen molar-refractivity contribution in [1.29, 1.82) is 0 Å². The van der Waals surface area contributed by atoms with Crippen molar-refractivity contribution in [2.45, 2.75) is 32.9 Å². The van der Waals surface area contributed by atoms with Crippen LogP contribution in [0.5, 0.6) is 0 Å². The number of nitrogens with zero attached hydrogens (tertiary/aromatic N) is 3. The van der Waals surface area contributed by atoms with Gasteiger partial charge >= 0.3 is 11.8 Å². The first kappa shape index (κ1) is 22.7. The first-order valence-corrected chi connectivity index (χ1v) is 9.63. The number of aromatic amines is 1. The maximum atomic E-state index is 13.0. The van der Waals surface area contributed by atoms with Gasteiger partial charge in [0.2, 0.25) is 5.89 Å². The molecule has 0 saturated heterocycles. The van der Waals surface area contributed by atoms with E-state index in [1.807, 2.05) is 0 Å². The van der Waals surface area contributed by atoms with Crippen molar-refractivity contribution in [1.82, 2.24) is 30.8 Å². The number of rotatable bonds is 8. The van der Waals surface area contributed by atoms with E-state index in [4.69, 9.17) is 4.42 Å². The molecule has 1 unspecified atom stereocenters. The minimum Gasteiger partial charge on any atom is -0.417 e. The van der Waals surface area contributed by atoms with Crippen molar-refractivity contribution >= 4 is 11.8 Å². The molecule has 0 bridgehead atoms. The zero-order valence-corrected chi connectivity index (χ0v) is 17.3. The molecule has 32 heavy (non-hydrogen) atoms. The van der Waals surface area contributed by atoms with Gasteiger partial charge in [-0.05, 0) is 17.7 Å². The standard InChI is InChI=1S/C20H21FN6O5/c1-10(7-22-19(31)20-27-26-11(2)32-20)16-24-15(14(9-28)17(29)25-16)18(30)23-8-12-3-5-13(21)6-4-12/h3-6,10,28H,7-9H2,1-2H3,(H,22,31)(H,23,30)(H,24,25,29). The maximum Gasteiger partial charge on any atom is 0.308 e. The quantitative estimate of drug-likeness (QED) is 0.391. The fraction of sp³-hybridized carbons (Fsp3) is 0.300. The molecule has 0 radical (unpaired) electrons. The molecule has 0 aliphatic heterocycles. The fourth-order valence-corrected chi connectivity index (χ4v) is 2.76. The van der Waals surface area contributed by atoms with Gasteiger partial charge in [-0.25, -0.2) is 9.37 Å². The number of hydrogen-bond acceptors (Lipinski definition) is 8. The van der Waals surface area contributed by atoms with Gasteiger partial charge in [-0.2, -0.15) is 0 Å². The Kier molecular flexibility index (Phi) is 7.05. The molecule has 3 rings (SSSR count). The summed E-state index contributed by atoms with van der Waals surface area (Å²) in [5, 5.41) is 21.9. The van der Waals surface area contributed by atoms with Crippen molar-refractivity contribution in [2.24, 2.45) is 0 Å². The molecule has 1 aromatic carbocycles. The summed E-state index contributed by atoms with van der Waals surface area (Å²) >= 11 is 0. The number of hydrogen-bond donors (Lipinski definition) is 4. The molecule has 4 N–H and O–H groups in total. The predicted octanol–water partition coefficient (Wildman–Crippen LogP) is 0.556. The molecule has 0 saturated carbocycles. The number of H-pyrrole nitrogens is 1. The third kappa shape index (κ3) is 5.40. The van der Waals surface area contributed by atoms with E-state index >= 15 is 0 Å². The number of aryl methyl sites for hydroxylation is 1. The minimum absolute atomic E-state index is 0.0539. The molecular weight excluding hydrogens is 423 g/mol. The smallest absolute Gasteiger partial charge is 0.308 e. The SMILES string of the molecule is Cc1nnc(C(=O)NCC(C)c2nc(C(=O)NCc3ccc(F)cc3)c(CO)c(=O)[nH]2)o1. The molecule has 0 aliphatic carbocycles. The van der Waals surface area contributed by atoms with E-state index in [0.717, 1.165) is 0 Å². The van der Waals surface area contributed by atoms with E-state index in [0.29, 0.717) is 5.56 Å². The summed E-state index contributed by atoms with van der Waals surface area (Å²) < 4.78 is 18.1. The first-order valence-electron chi connectivity index (χ1n) is 9.63. The molecule has 0 fully saturated rings. The van der Waals surface area contributed by atoms with Crippen molar-refractivity contribution in [2.75, 3.05) is 6.54 Å². The van der Waals surface area contributed by atoms with Gasteiger partial charge in [0.15, 0.2) is 0 Å². The monoisotopic (exact) mass is 444 g/mol. The van der Waals surface area contributed by atoms with E-state index in [-0.39, 0.29) is 42.0 Å². The van der Waals surface area contributed by atoms with Crippen LogP contribution in [0.25, 0.3) is 0 Å². The third-order valence-electron chi connectivity index (χ3n) is 4.53. The van der Waals surface area contributed by atoms with Crippen molar-refractivity contribution < 1.29 is 23.5 Å². The number of benzene rings is 1. The van der Waals surface area contributed by atoms with Crippen LogP contribution < -0.4 is 16.2 Å². The molecular formula is C20H21FN6O5. The highest BCUT2D eigenvalue weighted by molar-refractivity contribution is 5.93. The minimum atomic E-state index is -0.691. The average molecular weight is 444 g/mol. The van der Waals surface area contributed by atoms with Crippen LogP contribution in [0, 0.1) is 12.7 Å². The number of carbonyl (C=O) groups is 2. The number of halogens is 1. The van der Waals surface area contributed by atoms with Crippen LogP contribution in [-0.2, 0) is 13.2 Å². The Morgan fingerprint density at radius 3 is 2.53 bits per heavy atom. The number of carbonyl (C=O) groups excluding carboxylic acids is 2. The normalized spacial score (nSPS) is 11.8. The van der Waals surface area contributed by atoms with Crippen LogP contribution in [0.15, 0.2) is 33.5 Å². The zero-order chi connectivity index (χ0) is 23.3. The van der Waals surface area contributed by atoms with Crippen LogP contribution in [0.2, 0.25) is 0 Å². The molecule has 168 valence electrons. The topological polar surface area (TPSA) is 163 Å². The lowest BCUT2D eigenvalue weighted by molar-refractivity contribution is 0.0912. The molecule has 2 amide bonds. The van der Waals surface area contributed by atoms with E-state index in [1.165, 1.54) is 24.3 Å². The highest BCUT2D eigenvalue weighted by Gasteiger charge is 2.21. The lowest BCUT2D eigenvalue weighted by Gasteiger charge is -2.14. The highest BCUT2D eigenvalue weighted by atomic mass is 19.1. The molecule has 0 spiro atoms. The maximum absolute atomic E-state index is 13.0. The summed E-state index contributed by atoms with van der Waals surface area (Å²) in [5.74, 6) is -1.99. The first-order chi connectivity index (χ1) is 15.3. The van der Waals surface area contributed by atoms with Crippen LogP contribution in [0.1, 0.15) is 56.9 Å². The third-order valence-corrected chi connectivity index (χ3v) is 4.53. The number of aliphatic hydroxyl groups is 1. The second-order valence-corrected chi connectivity index (χ2v) is 6.98. The van der Waals surface area contributed by atoms with Crippen molar-refractivity contribution in [3.05, 3.63) is 74.9 Å². The van der Waals surface area contributed by atoms with Crippen LogP contribution in [-0.4, -0.2) is 43.6 Å². The van der Waals surface area contributed by atoms with E-state index < -0.39 is 35.7 Å². The number of aromatic nitrogens is 4. The van der Waals surface area contributed by atoms with Crippen molar-refractivity contribution in [3.8, 4) is 0 Å². The Morgan fingerprint density at radius 2 is 1.91 bits per heavy atom. The molecule has 3 aromatic rings. The van der Waals surface area contributed by atoms with Crippen LogP contribution in [0.3, 0.4) is 0 Å². The van der Waals surface area contributed by atoms with Gasteiger partial charge in [-0.15, -0.1) is 10.2 Å². The van der Waals surface area contributed by atoms with E-state index in [2.05, 4.69) is 30.8 Å². The fourth-order valence-electron chi connectivity index (χ4n) is 2.76. The van der Waals surface area contributed by atoms with Gasteiger partial charge in [0.25, 0.3) is 11.5 Å². The second-order valence-electron chi connectivity index (χ2n) is 6.98. The largest absolute Gasteiger partial charge is 0.417 e. The number of aliphatic hydroxyl groups excluding tert-OH is 1. The molecule has 2 aromatic heterocycles. The van der Waals surface area contributed by atoms with Gasteiger partial charge in [0.05, 0.1) is 12.2 Å². The number of nitrogens with one attached hydrogen (secondary N) is 3. The molecule has 2 heterocycles. The van der Waals surface area contributed by atoms with Gasteiger partial charge < -0.3 is 25.1 Å². The Hall–Kier alpha value is -3.93. The summed E-state index contributed by atoms with van der Waals surface area (Å²) in [6.45, 7) is 2.66. The van der Waals surface area contributed by atoms with E-state index in [1.54, 1.807) is 13.8 Å². The van der Waals surface area contributed by atoms with Crippen LogP contribution >= 0.6 is 0 Å². The summed E-state index contributed by atoms with van der Waals surface area (Å²) in [6.07, 6.45) is 0. The van der Waals surface area contributed by atoms with Gasteiger partial charge in [-0.3, -0.25) is 14.4 Å². The Balaban J connectivity index is 1.73. The van der Waals surface area contributed by atoms with Gasteiger partial charge in [-0.1, -0.05) is 19.1 Å². The summed E-state index contributed by atoms with van der Waals surface area (Å²) in [7, 11) is 0.